The molecule has 2 aromatic heterocycles. The molecular weight excluding hydrogens is 299 g/mol. The molecule has 0 saturated carbocycles. The maximum atomic E-state index is 12.9. The number of H-pyrrole nitrogens is 2. The van der Waals surface area contributed by atoms with E-state index in [1.807, 2.05) is 0 Å². The van der Waals surface area contributed by atoms with Gasteiger partial charge in [-0.15, -0.1) is 0 Å². The van der Waals surface area contributed by atoms with Crippen LogP contribution in [0.25, 0.3) is 0 Å². The molecule has 0 aliphatic rings. The third kappa shape index (κ3) is 3.39. The van der Waals surface area contributed by atoms with Crippen molar-refractivity contribution < 1.29 is 14.0 Å². The van der Waals surface area contributed by atoms with E-state index in [9.17, 15) is 14.0 Å². The van der Waals surface area contributed by atoms with Crippen LogP contribution in [0.1, 0.15) is 27.3 Å². The topological polar surface area (TPSA) is 91.5 Å². The van der Waals surface area contributed by atoms with Crippen LogP contribution in [0, 0.1) is 5.82 Å². The molecule has 0 bridgehead atoms. The maximum absolute atomic E-state index is 12.9. The minimum Gasteiger partial charge on any atom is -0.367 e. The van der Waals surface area contributed by atoms with Crippen LogP contribution < -0.4 is 0 Å². The lowest BCUT2D eigenvalue weighted by Gasteiger charge is -2.03. The zero-order valence-corrected chi connectivity index (χ0v) is 12.0. The van der Waals surface area contributed by atoms with E-state index in [1.165, 1.54) is 18.5 Å². The molecule has 0 spiro atoms. The first-order chi connectivity index (χ1) is 11.1. The van der Waals surface area contributed by atoms with Gasteiger partial charge in [0.05, 0.1) is 0 Å². The number of ketones is 2. The molecule has 2 heterocycles. The smallest absolute Gasteiger partial charge is 0.265 e. The summed E-state index contributed by atoms with van der Waals surface area (Å²) in [6.07, 6.45) is 5.15. The summed E-state index contributed by atoms with van der Waals surface area (Å²) in [7, 11) is 0. The second kappa shape index (κ2) is 6.35. The minimum atomic E-state index is -0.698. The van der Waals surface area contributed by atoms with Crippen molar-refractivity contribution in [2.45, 2.75) is 12.8 Å². The van der Waals surface area contributed by atoms with Gasteiger partial charge < -0.3 is 4.98 Å². The normalized spacial score (nSPS) is 10.7. The Morgan fingerprint density at radius 2 is 1.83 bits per heavy atom. The third-order valence-corrected chi connectivity index (χ3v) is 3.47. The molecule has 116 valence electrons. The van der Waals surface area contributed by atoms with Gasteiger partial charge in [-0.25, -0.2) is 9.37 Å². The lowest BCUT2D eigenvalue weighted by molar-refractivity contribution is -0.114. The summed E-state index contributed by atoms with van der Waals surface area (Å²) in [5.74, 6) is -1.63. The zero-order valence-electron chi connectivity index (χ0n) is 12.0. The van der Waals surface area contributed by atoms with Gasteiger partial charge in [0.15, 0.2) is 5.82 Å². The molecule has 0 fully saturated rings. The van der Waals surface area contributed by atoms with Crippen LogP contribution in [0.4, 0.5) is 4.39 Å². The van der Waals surface area contributed by atoms with Crippen LogP contribution in [-0.4, -0.2) is 31.7 Å². The number of hydrogen-bond donors (Lipinski definition) is 2. The van der Waals surface area contributed by atoms with Crippen molar-refractivity contribution in [3.05, 3.63) is 71.3 Å². The number of nitrogens with one attached hydrogen (secondary N) is 2. The van der Waals surface area contributed by atoms with Crippen molar-refractivity contribution in [1.82, 2.24) is 20.2 Å². The summed E-state index contributed by atoms with van der Waals surface area (Å²) in [5.41, 5.74) is 2.53. The largest absolute Gasteiger partial charge is 0.367 e. The highest BCUT2D eigenvalue weighted by Crippen LogP contribution is 2.16. The SMILES string of the molecule is O=C(Cc1c[nH]cc1Cc1ccc(F)cc1)C(=O)c1ncn[nH]1. The molecule has 0 unspecified atom stereocenters. The van der Waals surface area contributed by atoms with Crippen molar-refractivity contribution in [3.8, 4) is 0 Å². The van der Waals surface area contributed by atoms with Crippen LogP contribution in [0.2, 0.25) is 0 Å². The van der Waals surface area contributed by atoms with Gasteiger partial charge in [-0.2, -0.15) is 5.10 Å². The van der Waals surface area contributed by atoms with Crippen molar-refractivity contribution >= 4 is 11.6 Å². The van der Waals surface area contributed by atoms with Crippen molar-refractivity contribution in [2.75, 3.05) is 0 Å². The van der Waals surface area contributed by atoms with E-state index >= 15 is 0 Å². The molecule has 0 aliphatic carbocycles. The predicted molar refractivity (Wildman–Crippen MR) is 79.4 cm³/mol. The summed E-state index contributed by atoms with van der Waals surface area (Å²) in [6.45, 7) is 0. The second-order valence-electron chi connectivity index (χ2n) is 5.07. The van der Waals surface area contributed by atoms with Crippen LogP contribution in [0.15, 0.2) is 43.0 Å². The molecule has 3 aromatic rings. The van der Waals surface area contributed by atoms with E-state index in [0.29, 0.717) is 6.42 Å². The first kappa shape index (κ1) is 14.8. The molecule has 0 amide bonds. The van der Waals surface area contributed by atoms with Gasteiger partial charge in [0, 0.05) is 18.8 Å². The number of rotatable bonds is 6. The van der Waals surface area contributed by atoms with Crippen LogP contribution in [0.5, 0.6) is 0 Å². The monoisotopic (exact) mass is 312 g/mol. The first-order valence-corrected chi connectivity index (χ1v) is 6.95. The van der Waals surface area contributed by atoms with Crippen molar-refractivity contribution in [1.29, 1.82) is 0 Å². The van der Waals surface area contributed by atoms with Crippen LogP contribution in [0.3, 0.4) is 0 Å². The van der Waals surface area contributed by atoms with E-state index in [2.05, 4.69) is 20.2 Å². The third-order valence-electron chi connectivity index (χ3n) is 3.47. The summed E-state index contributed by atoms with van der Waals surface area (Å²) >= 11 is 0. The lowest BCUT2D eigenvalue weighted by atomic mass is 10.00. The minimum absolute atomic E-state index is 0.0282. The number of nitrogens with zero attached hydrogens (tertiary/aromatic N) is 2. The number of carbonyl (C=O) groups is 2. The van der Waals surface area contributed by atoms with E-state index in [-0.39, 0.29) is 18.1 Å². The molecule has 7 heteroatoms. The fraction of sp³-hybridized carbons (Fsp3) is 0.125. The molecule has 2 N–H and O–H groups in total. The Morgan fingerprint density at radius 1 is 1.09 bits per heavy atom. The first-order valence-electron chi connectivity index (χ1n) is 6.95. The fourth-order valence-corrected chi connectivity index (χ4v) is 2.28. The van der Waals surface area contributed by atoms with Gasteiger partial charge >= 0.3 is 0 Å². The number of halogens is 1. The molecule has 0 aliphatic heterocycles. The number of aromatic nitrogens is 4. The lowest BCUT2D eigenvalue weighted by Crippen LogP contribution is -2.18. The Kier molecular flexibility index (Phi) is 4.09. The van der Waals surface area contributed by atoms with Crippen LogP contribution >= 0.6 is 0 Å². The quantitative estimate of drug-likeness (QED) is 0.537. The van der Waals surface area contributed by atoms with Gasteiger partial charge in [0.25, 0.3) is 5.78 Å². The van der Waals surface area contributed by atoms with E-state index < -0.39 is 11.6 Å². The van der Waals surface area contributed by atoms with Crippen LogP contribution in [-0.2, 0) is 17.6 Å². The van der Waals surface area contributed by atoms with E-state index in [4.69, 9.17) is 0 Å². The van der Waals surface area contributed by atoms with Gasteiger partial charge in [-0.3, -0.25) is 14.7 Å². The summed E-state index contributed by atoms with van der Waals surface area (Å²) in [6, 6.07) is 6.15. The molecule has 6 nitrogen and oxygen atoms in total. The summed E-state index contributed by atoms with van der Waals surface area (Å²) < 4.78 is 12.9. The number of Topliss-reactive ketones (excluding diaryl/α,β-unsaturated/α-hetero) is 2. The molecule has 3 rings (SSSR count). The standard InChI is InChI=1S/C16H13FN4O2/c17-13-3-1-10(2-4-13)5-11-7-18-8-12(11)6-14(22)15(23)16-19-9-20-21-16/h1-4,7-9,18H,5-6H2,(H,19,20,21). The van der Waals surface area contributed by atoms with E-state index in [0.717, 1.165) is 16.7 Å². The Bertz CT molecular complexity index is 822. The zero-order chi connectivity index (χ0) is 16.2. The van der Waals surface area contributed by atoms with E-state index in [1.54, 1.807) is 24.5 Å². The predicted octanol–water partition coefficient (Wildman–Crippen LogP) is 1.86. The highest BCUT2D eigenvalue weighted by Gasteiger charge is 2.20. The molecule has 23 heavy (non-hydrogen) atoms. The van der Waals surface area contributed by atoms with Gasteiger partial charge in [-0.05, 0) is 35.2 Å². The van der Waals surface area contributed by atoms with Crippen molar-refractivity contribution in [2.24, 2.45) is 0 Å². The Balaban J connectivity index is 1.72. The van der Waals surface area contributed by atoms with Crippen molar-refractivity contribution in [3.63, 3.8) is 0 Å². The highest BCUT2D eigenvalue weighted by atomic mass is 19.1. The number of aromatic amines is 2. The molecular formula is C16H13FN4O2. The molecule has 0 radical (unpaired) electrons. The Morgan fingerprint density at radius 3 is 2.52 bits per heavy atom. The molecule has 0 atom stereocenters. The maximum Gasteiger partial charge on any atom is 0.265 e. The Hall–Kier alpha value is -3.09. The average Bonchev–Trinajstić information content (AvgIpc) is 3.21. The molecule has 0 saturated heterocycles. The van der Waals surface area contributed by atoms with Gasteiger partial charge in [-0.1, -0.05) is 12.1 Å². The highest BCUT2D eigenvalue weighted by molar-refractivity contribution is 6.43. The average molecular weight is 312 g/mol. The Labute approximate surface area is 130 Å². The van der Waals surface area contributed by atoms with Gasteiger partial charge in [0.2, 0.25) is 5.78 Å². The van der Waals surface area contributed by atoms with Gasteiger partial charge in [0.1, 0.15) is 12.1 Å². The fourth-order valence-electron chi connectivity index (χ4n) is 2.28. The number of carbonyl (C=O) groups excluding carboxylic acids is 2. The summed E-state index contributed by atoms with van der Waals surface area (Å²) in [5, 5.41) is 5.94. The number of hydrogen-bond acceptors (Lipinski definition) is 4. The second-order valence-corrected chi connectivity index (χ2v) is 5.07. The molecule has 1 aromatic carbocycles. The summed E-state index contributed by atoms with van der Waals surface area (Å²) in [4.78, 5) is 30.6. The number of benzene rings is 1.